The molecule has 0 aromatic rings. The van der Waals surface area contributed by atoms with E-state index in [1.54, 1.807) is 34.6 Å². The molecule has 0 aliphatic heterocycles. The molecule has 0 unspecified atom stereocenters. The average Bonchev–Trinajstić information content (AvgIpc) is 2.36. The summed E-state index contributed by atoms with van der Waals surface area (Å²) in [5, 5.41) is 8.32. The van der Waals surface area contributed by atoms with Crippen LogP contribution in [0.25, 0.3) is 0 Å². The number of amides is 2. The number of nitrogens with one attached hydrogen (secondary N) is 3. The summed E-state index contributed by atoms with van der Waals surface area (Å²) in [7, 11) is 0. The zero-order chi connectivity index (χ0) is 16.7. The number of hydrogen-bond donors (Lipinski definition) is 3. The first-order valence-electron chi connectivity index (χ1n) is 7.46. The van der Waals surface area contributed by atoms with E-state index in [-0.39, 0.29) is 39.9 Å². The van der Waals surface area contributed by atoms with Crippen LogP contribution in [-0.2, 0) is 14.4 Å². The summed E-state index contributed by atoms with van der Waals surface area (Å²) in [6.07, 6.45) is 0. The number of hydrogen-bond acceptors (Lipinski definition) is 4. The summed E-state index contributed by atoms with van der Waals surface area (Å²) in [4.78, 5) is 35.6. The molecule has 0 aromatic heterocycles. The van der Waals surface area contributed by atoms with Gasteiger partial charge in [0.15, 0.2) is 5.78 Å². The summed E-state index contributed by atoms with van der Waals surface area (Å²) >= 11 is 0. The van der Waals surface area contributed by atoms with E-state index in [0.29, 0.717) is 0 Å². The Morgan fingerprint density at radius 1 is 0.714 bits per heavy atom. The van der Waals surface area contributed by atoms with Crippen LogP contribution in [0.2, 0.25) is 0 Å². The quantitative estimate of drug-likeness (QED) is 0.631. The van der Waals surface area contributed by atoms with Crippen molar-refractivity contribution in [3.05, 3.63) is 0 Å². The molecule has 0 spiro atoms. The largest absolute Gasteiger partial charge is 0.345 e. The first-order valence-corrected chi connectivity index (χ1v) is 7.46. The zero-order valence-electron chi connectivity index (χ0n) is 14.1. The van der Waals surface area contributed by atoms with Crippen molar-refractivity contribution in [1.29, 1.82) is 0 Å². The fourth-order valence-electron chi connectivity index (χ4n) is 1.89. The topological polar surface area (TPSA) is 87.3 Å². The molecule has 6 heteroatoms. The number of Topliss-reactive ketones (excluding diaryl/α,β-unsaturated/α-hetero) is 1. The highest BCUT2D eigenvalue weighted by Crippen LogP contribution is 2.00. The minimum atomic E-state index is -0.684. The monoisotopic (exact) mass is 305 g/mol. The van der Waals surface area contributed by atoms with Crippen LogP contribution in [0.3, 0.4) is 0 Å². The Balaban J connectivity index is -0.000000667. The molecule has 128 valence electrons. The van der Waals surface area contributed by atoms with Crippen LogP contribution in [0.15, 0.2) is 0 Å². The third kappa shape index (κ3) is 7.22. The van der Waals surface area contributed by atoms with Crippen LogP contribution in [-0.4, -0.2) is 41.8 Å². The molecular formula is C15H35N3O3. The van der Waals surface area contributed by atoms with Gasteiger partial charge in [-0.1, -0.05) is 27.7 Å². The Morgan fingerprint density at radius 2 is 1.14 bits per heavy atom. The van der Waals surface area contributed by atoms with E-state index >= 15 is 0 Å². The fraction of sp³-hybridized carbons (Fsp3) is 0.800. The number of ketones is 1. The van der Waals surface area contributed by atoms with Gasteiger partial charge in [-0.05, 0) is 20.8 Å². The first kappa shape index (κ1) is 19.6. The van der Waals surface area contributed by atoms with Gasteiger partial charge >= 0.3 is 0 Å². The molecule has 0 aliphatic carbocycles. The van der Waals surface area contributed by atoms with E-state index in [1.165, 1.54) is 0 Å². The fourth-order valence-corrected chi connectivity index (χ4v) is 1.89. The molecule has 21 heavy (non-hydrogen) atoms. The van der Waals surface area contributed by atoms with Crippen molar-refractivity contribution < 1.29 is 18.7 Å². The number of rotatable bonds is 8. The molecule has 3 N–H and O–H groups in total. The molecule has 0 bridgehead atoms. The second-order valence-corrected chi connectivity index (χ2v) is 6.06. The van der Waals surface area contributed by atoms with Crippen LogP contribution in [0.4, 0.5) is 0 Å². The molecule has 0 saturated carbocycles. The first-order chi connectivity index (χ1) is 9.56. The smallest absolute Gasteiger partial charge is 0.242 e. The summed E-state index contributed by atoms with van der Waals surface area (Å²) in [6.45, 7) is 12.5. The van der Waals surface area contributed by atoms with Gasteiger partial charge < -0.3 is 16.0 Å². The van der Waals surface area contributed by atoms with E-state index in [1.807, 2.05) is 13.8 Å². The minimum absolute atomic E-state index is 0. The predicted molar refractivity (Wildman–Crippen MR) is 89.1 cm³/mol. The van der Waals surface area contributed by atoms with Gasteiger partial charge in [0.2, 0.25) is 11.8 Å². The third-order valence-corrected chi connectivity index (χ3v) is 3.08. The molecule has 0 heterocycles. The van der Waals surface area contributed by atoms with Gasteiger partial charge in [-0.3, -0.25) is 14.4 Å². The second-order valence-electron chi connectivity index (χ2n) is 6.06. The summed E-state index contributed by atoms with van der Waals surface area (Å²) in [5.74, 6) is -0.770. The maximum Gasteiger partial charge on any atom is 0.242 e. The van der Waals surface area contributed by atoms with Gasteiger partial charge in [-0.2, -0.15) is 0 Å². The van der Waals surface area contributed by atoms with Gasteiger partial charge in [0.25, 0.3) is 0 Å². The molecule has 0 aromatic carbocycles. The van der Waals surface area contributed by atoms with Crippen molar-refractivity contribution in [2.24, 2.45) is 5.92 Å². The molecule has 0 fully saturated rings. The molecule has 3 atom stereocenters. The van der Waals surface area contributed by atoms with E-state index in [9.17, 15) is 14.4 Å². The van der Waals surface area contributed by atoms with Crippen LogP contribution >= 0.6 is 0 Å². The Hall–Kier alpha value is -1.43. The van der Waals surface area contributed by atoms with Crippen LogP contribution in [0, 0.1) is 5.92 Å². The van der Waals surface area contributed by atoms with Crippen LogP contribution in [0.5, 0.6) is 0 Å². The summed E-state index contributed by atoms with van der Waals surface area (Å²) in [6, 6.07) is -1.44. The van der Waals surface area contributed by atoms with Gasteiger partial charge in [-0.25, -0.2) is 0 Å². The average molecular weight is 305 g/mol. The Morgan fingerprint density at radius 3 is 1.57 bits per heavy atom. The molecule has 0 rings (SSSR count). The van der Waals surface area contributed by atoms with E-state index in [2.05, 4.69) is 16.0 Å². The summed E-state index contributed by atoms with van der Waals surface area (Å²) in [5.41, 5.74) is 0. The van der Waals surface area contributed by atoms with Gasteiger partial charge in [0, 0.05) is 16.2 Å². The lowest BCUT2D eigenvalue weighted by molar-refractivity contribution is -0.132. The standard InChI is InChI=1S/C15H29N3O3.3H2/c1-8(2)13(19)10(5)17-15(21)12(7)18-14(20)11(6)16-9(3)4;;;/h8-12,16H,1-7H3,(H,17,21)(H,18,20);3*1H/t10-,11-,12-;;;/m0.../s1. The Bertz CT molecular complexity index is 393. The zero-order valence-corrected chi connectivity index (χ0v) is 14.1. The van der Waals surface area contributed by atoms with Crippen molar-refractivity contribution in [3.8, 4) is 0 Å². The van der Waals surface area contributed by atoms with E-state index in [4.69, 9.17) is 0 Å². The maximum atomic E-state index is 12.0. The molecule has 6 nitrogen and oxygen atoms in total. The van der Waals surface area contributed by atoms with Crippen LogP contribution in [0.1, 0.15) is 52.7 Å². The second kappa shape index (κ2) is 8.77. The summed E-state index contributed by atoms with van der Waals surface area (Å²) < 4.78 is 0. The molecule has 0 saturated heterocycles. The Labute approximate surface area is 131 Å². The Kier molecular flexibility index (Phi) is 8.17. The third-order valence-electron chi connectivity index (χ3n) is 3.08. The SMILES string of the molecule is CC(C)N[C@@H](C)C(=O)N[C@@H](C)C(=O)N[C@@H](C)C(=O)C(C)C.[HH].[HH].[HH]. The lowest BCUT2D eigenvalue weighted by Crippen LogP contribution is -2.53. The van der Waals surface area contributed by atoms with Gasteiger partial charge in [0.05, 0.1) is 12.1 Å². The maximum absolute atomic E-state index is 12.0. The highest BCUT2D eigenvalue weighted by atomic mass is 16.2. The normalized spacial score (nSPS) is 15.5. The molecule has 2 amide bonds. The van der Waals surface area contributed by atoms with Crippen molar-refractivity contribution >= 4 is 17.6 Å². The van der Waals surface area contributed by atoms with Gasteiger partial charge in [-0.15, -0.1) is 0 Å². The van der Waals surface area contributed by atoms with E-state index in [0.717, 1.165) is 0 Å². The van der Waals surface area contributed by atoms with Crippen molar-refractivity contribution in [1.82, 2.24) is 16.0 Å². The highest BCUT2D eigenvalue weighted by molar-refractivity contribution is 5.93. The lowest BCUT2D eigenvalue weighted by Gasteiger charge is -2.21. The molecule has 0 aliphatic rings. The van der Waals surface area contributed by atoms with Crippen molar-refractivity contribution in [2.45, 2.75) is 72.6 Å². The lowest BCUT2D eigenvalue weighted by atomic mass is 10.0. The van der Waals surface area contributed by atoms with Crippen molar-refractivity contribution in [2.75, 3.05) is 0 Å². The number of carbonyl (C=O) groups is 3. The van der Waals surface area contributed by atoms with Crippen molar-refractivity contribution in [3.63, 3.8) is 0 Å². The molecule has 0 radical (unpaired) electrons. The van der Waals surface area contributed by atoms with Gasteiger partial charge in [0.1, 0.15) is 6.04 Å². The predicted octanol–water partition coefficient (Wildman–Crippen LogP) is 1.35. The highest BCUT2D eigenvalue weighted by Gasteiger charge is 2.23. The van der Waals surface area contributed by atoms with Crippen LogP contribution < -0.4 is 16.0 Å². The minimum Gasteiger partial charge on any atom is -0.345 e. The number of carbonyl (C=O) groups excluding carboxylic acids is 3. The molecular weight excluding hydrogens is 270 g/mol. The van der Waals surface area contributed by atoms with E-state index < -0.39 is 12.1 Å².